The summed E-state index contributed by atoms with van der Waals surface area (Å²) in [5, 5.41) is 2.26. The molecule has 0 aromatic rings. The Kier molecular flexibility index (Phi) is 4.73. The highest BCUT2D eigenvalue weighted by molar-refractivity contribution is 7.78. The van der Waals surface area contributed by atoms with Crippen LogP contribution in [0.2, 0.25) is 0 Å². The normalized spacial score (nSPS) is 26.4. The Morgan fingerprint density at radius 2 is 2.50 bits per heavy atom. The predicted molar refractivity (Wildman–Crippen MR) is 53.2 cm³/mol. The summed E-state index contributed by atoms with van der Waals surface area (Å²) in [6.45, 7) is 3.11. The van der Waals surface area contributed by atoms with Crippen LogP contribution >= 0.6 is 12.2 Å². The molecule has 1 fully saturated rings. The van der Waals surface area contributed by atoms with Gasteiger partial charge in [-0.05, 0) is 25.1 Å². The van der Waals surface area contributed by atoms with Crippen molar-refractivity contribution < 1.29 is 14.3 Å². The Balaban J connectivity index is 2.21. The smallest absolute Gasteiger partial charge is 0.302 e. The summed E-state index contributed by atoms with van der Waals surface area (Å²) in [5.41, 5.74) is 0. The van der Waals surface area contributed by atoms with E-state index in [2.05, 4.69) is 22.4 Å². The maximum Gasteiger partial charge on any atom is 0.302 e. The zero-order chi connectivity index (χ0) is 10.4. The largest absolute Gasteiger partial charge is 0.463 e. The number of thiocarbonyl (C=S) groups is 1. The molecule has 0 spiro atoms. The minimum atomic E-state index is -0.318. The molecule has 1 rings (SSSR count). The summed E-state index contributed by atoms with van der Waals surface area (Å²) in [7, 11) is 0. The summed E-state index contributed by atoms with van der Waals surface area (Å²) in [6, 6.07) is -0.180. The van der Waals surface area contributed by atoms with E-state index in [1.165, 1.54) is 13.5 Å². The van der Waals surface area contributed by atoms with Gasteiger partial charge in [-0.1, -0.05) is 0 Å². The number of aliphatic imine (C=N–C) groups is 1. The van der Waals surface area contributed by atoms with Gasteiger partial charge in [-0.2, -0.15) is 0 Å². The van der Waals surface area contributed by atoms with Crippen LogP contribution < -0.4 is 0 Å². The van der Waals surface area contributed by atoms with Crippen molar-refractivity contribution in [3.05, 3.63) is 19.4 Å². The molecule has 2 atom stereocenters. The van der Waals surface area contributed by atoms with Crippen LogP contribution in [-0.2, 0) is 14.3 Å². The average molecular weight is 212 g/mol. The van der Waals surface area contributed by atoms with Crippen LogP contribution in [0.4, 0.5) is 0 Å². The van der Waals surface area contributed by atoms with E-state index in [0.29, 0.717) is 0 Å². The second kappa shape index (κ2) is 5.86. The average Bonchev–Trinajstić information content (AvgIpc) is 2.17. The lowest BCUT2D eigenvalue weighted by molar-refractivity contribution is -0.144. The van der Waals surface area contributed by atoms with Crippen molar-refractivity contribution in [2.75, 3.05) is 6.61 Å². The highest BCUT2D eigenvalue weighted by Gasteiger charge is 2.22. The maximum atomic E-state index is 10.5. The molecule has 5 heteroatoms. The van der Waals surface area contributed by atoms with Gasteiger partial charge in [0.1, 0.15) is 13.2 Å². The molecule has 0 N–H and O–H groups in total. The minimum Gasteiger partial charge on any atom is -0.463 e. The van der Waals surface area contributed by atoms with Crippen molar-refractivity contribution in [3.8, 4) is 0 Å². The van der Waals surface area contributed by atoms with Gasteiger partial charge in [0.2, 0.25) is 0 Å². The highest BCUT2D eigenvalue weighted by atomic mass is 32.1. The van der Waals surface area contributed by atoms with E-state index in [4.69, 9.17) is 9.47 Å². The molecular formula is C9H10NO3S. The number of nitrogens with zero attached hydrogens (tertiary/aromatic N) is 1. The Morgan fingerprint density at radius 1 is 1.71 bits per heavy atom. The van der Waals surface area contributed by atoms with Gasteiger partial charge in [-0.25, -0.2) is 4.99 Å². The van der Waals surface area contributed by atoms with E-state index in [0.717, 1.165) is 0 Å². The summed E-state index contributed by atoms with van der Waals surface area (Å²) in [5.74, 6) is -0.318. The van der Waals surface area contributed by atoms with Crippen molar-refractivity contribution in [2.45, 2.75) is 19.1 Å². The number of hydrogen-bond acceptors (Lipinski definition) is 5. The summed E-state index contributed by atoms with van der Waals surface area (Å²) < 4.78 is 10.00. The van der Waals surface area contributed by atoms with E-state index in [-0.39, 0.29) is 24.7 Å². The van der Waals surface area contributed by atoms with Gasteiger partial charge < -0.3 is 9.47 Å². The number of esters is 1. The second-order valence-electron chi connectivity index (χ2n) is 2.71. The fourth-order valence-corrected chi connectivity index (χ4v) is 1.06. The summed E-state index contributed by atoms with van der Waals surface area (Å²) in [6.07, 6.45) is 3.37. The number of isothiocyanates is 1. The fraction of sp³-hybridized carbons (Fsp3) is 0.444. The number of rotatable bonds is 3. The highest BCUT2D eigenvalue weighted by Crippen LogP contribution is 2.17. The molecule has 1 heterocycles. The predicted octanol–water partition coefficient (Wildman–Crippen LogP) is 0.990. The van der Waals surface area contributed by atoms with E-state index < -0.39 is 0 Å². The van der Waals surface area contributed by atoms with Crippen LogP contribution in [0, 0.1) is 19.4 Å². The molecule has 0 bridgehead atoms. The minimum absolute atomic E-state index is 0.180. The monoisotopic (exact) mass is 212 g/mol. The number of carbonyl (C=O) groups excluding carboxylic acids is 1. The van der Waals surface area contributed by atoms with Crippen LogP contribution in [-0.4, -0.2) is 29.9 Å². The Hall–Kier alpha value is -0.770. The summed E-state index contributed by atoms with van der Waals surface area (Å²) in [4.78, 5) is 14.3. The van der Waals surface area contributed by atoms with Gasteiger partial charge in [0, 0.05) is 6.92 Å². The molecule has 3 radical (unpaired) electrons. The third-order valence-electron chi connectivity index (χ3n) is 1.57. The molecule has 4 nitrogen and oxygen atoms in total. The fourth-order valence-electron chi connectivity index (χ4n) is 0.939. The first kappa shape index (κ1) is 11.3. The lowest BCUT2D eigenvalue weighted by atomic mass is 10.1. The molecule has 0 aromatic carbocycles. The van der Waals surface area contributed by atoms with Crippen molar-refractivity contribution in [1.29, 1.82) is 0 Å². The van der Waals surface area contributed by atoms with Crippen LogP contribution in [0.3, 0.4) is 0 Å². The molecule has 0 unspecified atom stereocenters. The first-order valence-electron chi connectivity index (χ1n) is 4.10. The summed E-state index contributed by atoms with van der Waals surface area (Å²) >= 11 is 4.45. The van der Waals surface area contributed by atoms with Gasteiger partial charge in [0.05, 0.1) is 17.3 Å². The number of carbonyl (C=O) groups is 1. The molecule has 1 aliphatic heterocycles. The van der Waals surface area contributed by atoms with Crippen LogP contribution in [0.1, 0.15) is 6.92 Å². The third-order valence-corrected chi connectivity index (χ3v) is 1.67. The molecule has 1 saturated heterocycles. The van der Waals surface area contributed by atoms with Crippen molar-refractivity contribution in [1.82, 2.24) is 0 Å². The van der Waals surface area contributed by atoms with Crippen molar-refractivity contribution in [2.24, 2.45) is 4.99 Å². The molecule has 14 heavy (non-hydrogen) atoms. The zero-order valence-corrected chi connectivity index (χ0v) is 8.49. The van der Waals surface area contributed by atoms with Crippen LogP contribution in [0.15, 0.2) is 4.99 Å². The lowest BCUT2D eigenvalue weighted by Crippen LogP contribution is -2.30. The van der Waals surface area contributed by atoms with E-state index >= 15 is 0 Å². The second-order valence-corrected chi connectivity index (χ2v) is 2.89. The Bertz CT molecular complexity index is 242. The van der Waals surface area contributed by atoms with Crippen LogP contribution in [0.25, 0.3) is 0 Å². The quantitative estimate of drug-likeness (QED) is 0.397. The number of ether oxygens (including phenoxy) is 2. The lowest BCUT2D eigenvalue weighted by Gasteiger charge is -2.24. The van der Waals surface area contributed by atoms with Crippen molar-refractivity contribution in [3.63, 3.8) is 0 Å². The maximum absolute atomic E-state index is 10.5. The first-order valence-corrected chi connectivity index (χ1v) is 4.50. The molecule has 0 aliphatic carbocycles. The standard InChI is InChI=1S/C9H10NO3S/c1-7(11)12-5-9-3-2-8(4-13-9)10-6-14/h2-4,8-9H,5H2,1H3/t8-,9-/m1/s1. The van der Waals surface area contributed by atoms with Crippen molar-refractivity contribution >= 4 is 23.3 Å². The molecule has 0 saturated carbocycles. The van der Waals surface area contributed by atoms with Gasteiger partial charge in [0.25, 0.3) is 0 Å². The Labute approximate surface area is 88.3 Å². The van der Waals surface area contributed by atoms with Gasteiger partial charge >= 0.3 is 5.97 Å². The molecule has 0 aromatic heterocycles. The topological polar surface area (TPSA) is 47.9 Å². The molecule has 0 amide bonds. The zero-order valence-electron chi connectivity index (χ0n) is 7.67. The Morgan fingerprint density at radius 3 is 3.00 bits per heavy atom. The van der Waals surface area contributed by atoms with Crippen LogP contribution in [0.5, 0.6) is 0 Å². The molecule has 75 valence electrons. The van der Waals surface area contributed by atoms with Gasteiger partial charge in [-0.3, -0.25) is 4.79 Å². The van der Waals surface area contributed by atoms with Gasteiger partial charge in [0.15, 0.2) is 0 Å². The van der Waals surface area contributed by atoms with Gasteiger partial charge in [-0.15, -0.1) is 0 Å². The SMILES string of the molecule is CC(=O)OC[C@H]1[CH][CH][C@@H](N=C=S)[CH]O1. The number of hydrogen-bond donors (Lipinski definition) is 0. The molecule has 1 aliphatic rings. The van der Waals surface area contributed by atoms with E-state index in [1.54, 1.807) is 6.42 Å². The third kappa shape index (κ3) is 3.96. The molecular weight excluding hydrogens is 202 g/mol. The first-order chi connectivity index (χ1) is 6.72. The van der Waals surface area contributed by atoms with E-state index in [1.807, 2.05) is 6.42 Å². The van der Waals surface area contributed by atoms with E-state index in [9.17, 15) is 4.79 Å².